The molecule has 3 aromatic carbocycles. The van der Waals surface area contributed by atoms with E-state index in [1.54, 1.807) is 18.2 Å². The summed E-state index contributed by atoms with van der Waals surface area (Å²) in [6.07, 6.45) is 7.80. The molecule has 2 aliphatic rings. The van der Waals surface area contributed by atoms with E-state index in [2.05, 4.69) is 22.8 Å². The molecule has 2 saturated carbocycles. The van der Waals surface area contributed by atoms with Crippen molar-refractivity contribution in [1.82, 2.24) is 15.1 Å². The number of nitrogens with zero attached hydrogens (tertiary/aromatic N) is 2. The van der Waals surface area contributed by atoms with Crippen molar-refractivity contribution in [3.63, 3.8) is 0 Å². The molecule has 2 amide bonds. The summed E-state index contributed by atoms with van der Waals surface area (Å²) < 4.78 is 7.35. The van der Waals surface area contributed by atoms with E-state index in [0.717, 1.165) is 35.9 Å². The zero-order chi connectivity index (χ0) is 29.6. The number of aromatic carboxylic acids is 1. The third kappa shape index (κ3) is 4.94. The number of amides is 2. The number of carboxylic acids is 1. The first-order chi connectivity index (χ1) is 20.9. The van der Waals surface area contributed by atoms with Crippen LogP contribution in [0.2, 0.25) is 0 Å². The molecule has 2 aliphatic carbocycles. The van der Waals surface area contributed by atoms with Crippen molar-refractivity contribution in [3.05, 3.63) is 89.8 Å². The van der Waals surface area contributed by atoms with Gasteiger partial charge in [0.2, 0.25) is 11.7 Å². The van der Waals surface area contributed by atoms with Crippen molar-refractivity contribution in [2.75, 3.05) is 5.32 Å². The maximum Gasteiger partial charge on any atom is 0.371 e. The van der Waals surface area contributed by atoms with Gasteiger partial charge in [-0.05, 0) is 80.6 Å². The fraction of sp³-hybridized carbons (Fsp3) is 0.294. The number of aromatic nitrogens is 2. The van der Waals surface area contributed by atoms with Gasteiger partial charge in [0, 0.05) is 27.9 Å². The Hall–Kier alpha value is -4.92. The van der Waals surface area contributed by atoms with Crippen LogP contribution in [0.25, 0.3) is 27.6 Å². The lowest BCUT2D eigenvalue weighted by molar-refractivity contribution is -0.125. The summed E-state index contributed by atoms with van der Waals surface area (Å²) in [4.78, 5) is 38.3. The van der Waals surface area contributed by atoms with E-state index < -0.39 is 11.5 Å². The number of benzene rings is 3. The van der Waals surface area contributed by atoms with Gasteiger partial charge in [0.05, 0.1) is 16.9 Å². The molecule has 9 heteroatoms. The van der Waals surface area contributed by atoms with Crippen molar-refractivity contribution in [2.45, 2.75) is 62.8 Å². The first kappa shape index (κ1) is 26.9. The van der Waals surface area contributed by atoms with Gasteiger partial charge in [0.25, 0.3) is 5.91 Å². The van der Waals surface area contributed by atoms with Gasteiger partial charge in [-0.2, -0.15) is 5.10 Å². The van der Waals surface area contributed by atoms with Gasteiger partial charge in [-0.1, -0.05) is 43.5 Å². The van der Waals surface area contributed by atoms with Crippen LogP contribution in [-0.2, 0) is 4.79 Å². The maximum atomic E-state index is 13.6. The van der Waals surface area contributed by atoms with Crippen LogP contribution < -0.4 is 10.6 Å². The molecule has 218 valence electrons. The number of hydrogen-bond donors (Lipinski definition) is 3. The van der Waals surface area contributed by atoms with Crippen LogP contribution in [0.15, 0.2) is 77.2 Å². The second kappa shape index (κ2) is 10.7. The summed E-state index contributed by atoms with van der Waals surface area (Å²) in [5.41, 5.74) is 3.31. The van der Waals surface area contributed by atoms with E-state index in [1.807, 2.05) is 41.1 Å². The zero-order valence-electron chi connectivity index (χ0n) is 23.6. The number of anilines is 1. The predicted octanol–water partition coefficient (Wildman–Crippen LogP) is 6.81. The lowest BCUT2D eigenvalue weighted by Crippen LogP contribution is -2.61. The van der Waals surface area contributed by atoms with Crippen molar-refractivity contribution in [2.24, 2.45) is 0 Å². The molecule has 5 aromatic rings. The number of rotatable bonds is 7. The number of fused-ring (bicyclic) bond motifs is 2. The monoisotopic (exact) mass is 576 g/mol. The van der Waals surface area contributed by atoms with Crippen molar-refractivity contribution in [1.29, 1.82) is 0 Å². The average molecular weight is 577 g/mol. The third-order valence-electron chi connectivity index (χ3n) is 8.94. The molecule has 0 bridgehead atoms. The molecule has 3 N–H and O–H groups in total. The summed E-state index contributed by atoms with van der Waals surface area (Å²) >= 11 is 0. The zero-order valence-corrected chi connectivity index (χ0v) is 23.6. The molecule has 2 aromatic heterocycles. The molecule has 43 heavy (non-hydrogen) atoms. The molecule has 7 rings (SSSR count). The molecule has 0 atom stereocenters. The van der Waals surface area contributed by atoms with Crippen molar-refractivity contribution in [3.8, 4) is 5.69 Å². The fourth-order valence-corrected chi connectivity index (χ4v) is 6.49. The number of nitrogens with one attached hydrogen (secondary N) is 2. The second-order valence-electron chi connectivity index (χ2n) is 11.7. The molecule has 2 fully saturated rings. The number of carbonyl (C=O) groups is 3. The topological polar surface area (TPSA) is 126 Å². The summed E-state index contributed by atoms with van der Waals surface area (Å²) in [6, 6.07) is 22.1. The van der Waals surface area contributed by atoms with Crippen LogP contribution in [0.1, 0.15) is 83.9 Å². The summed E-state index contributed by atoms with van der Waals surface area (Å²) in [6.45, 7) is 0. The second-order valence-corrected chi connectivity index (χ2v) is 11.7. The Kier molecular flexibility index (Phi) is 6.72. The van der Waals surface area contributed by atoms with Gasteiger partial charge in [-0.25, -0.2) is 9.48 Å². The maximum absolute atomic E-state index is 13.6. The third-order valence-corrected chi connectivity index (χ3v) is 8.94. The minimum absolute atomic E-state index is 0.169. The number of furan rings is 1. The minimum atomic E-state index is -1.16. The Morgan fingerprint density at radius 3 is 2.42 bits per heavy atom. The lowest BCUT2D eigenvalue weighted by Gasteiger charge is -2.40. The van der Waals surface area contributed by atoms with Gasteiger partial charge in [0.15, 0.2) is 0 Å². The molecular formula is C34H32N4O5. The highest BCUT2D eigenvalue weighted by Gasteiger charge is 2.45. The van der Waals surface area contributed by atoms with Crippen LogP contribution in [0, 0.1) is 0 Å². The van der Waals surface area contributed by atoms with Crippen LogP contribution in [0.3, 0.4) is 0 Å². The standard InChI is InChI=1S/C34H32N4O5/c39-31(36-34(16-7-17-34)33(42)35-24-13-15-28-23(18-24)20-29(43-28)32(40)41)22-12-14-26-27(19-22)37-38(25-10-5-2-6-11-25)30(26)21-8-3-1-4-9-21/h2,5-6,10-15,18-21H,1,3-4,7-9,16-17H2,(H,35,42)(H,36,39)(H,40,41). The Bertz CT molecular complexity index is 1860. The van der Waals surface area contributed by atoms with Gasteiger partial charge in [0.1, 0.15) is 11.1 Å². The van der Waals surface area contributed by atoms with E-state index in [4.69, 9.17) is 9.52 Å². The Morgan fingerprint density at radius 2 is 1.70 bits per heavy atom. The number of carboxylic acid groups (broad SMARTS) is 1. The average Bonchev–Trinajstić information content (AvgIpc) is 3.61. The molecular weight excluding hydrogens is 544 g/mol. The van der Waals surface area contributed by atoms with Gasteiger partial charge in [-0.15, -0.1) is 0 Å². The Balaban J connectivity index is 1.14. The lowest BCUT2D eigenvalue weighted by atomic mass is 9.75. The minimum Gasteiger partial charge on any atom is -0.475 e. The molecule has 0 aliphatic heterocycles. The van der Waals surface area contributed by atoms with Gasteiger partial charge >= 0.3 is 5.97 Å². The highest BCUT2D eigenvalue weighted by Crippen LogP contribution is 2.38. The molecule has 0 unspecified atom stereocenters. The predicted molar refractivity (Wildman–Crippen MR) is 163 cm³/mol. The molecule has 0 radical (unpaired) electrons. The van der Waals surface area contributed by atoms with Crippen LogP contribution in [-0.4, -0.2) is 38.2 Å². The number of carbonyl (C=O) groups excluding carboxylic acids is 2. The Morgan fingerprint density at radius 1 is 0.907 bits per heavy atom. The quantitative estimate of drug-likeness (QED) is 0.195. The normalized spacial score (nSPS) is 16.6. The molecule has 0 spiro atoms. The SMILES string of the molecule is O=C(NC1(C(=O)Nc2ccc3oc(C(=O)O)cc3c2)CCC1)c1ccc2c(C3CCCCC3)n(-c3ccccc3)nc2c1. The largest absolute Gasteiger partial charge is 0.475 e. The van der Waals surface area contributed by atoms with E-state index in [-0.39, 0.29) is 17.6 Å². The van der Waals surface area contributed by atoms with Crippen LogP contribution in [0.5, 0.6) is 0 Å². The fourth-order valence-electron chi connectivity index (χ4n) is 6.49. The van der Waals surface area contributed by atoms with E-state index in [1.165, 1.54) is 31.0 Å². The van der Waals surface area contributed by atoms with Crippen molar-refractivity contribution >= 4 is 45.3 Å². The van der Waals surface area contributed by atoms with Crippen LogP contribution in [0.4, 0.5) is 5.69 Å². The smallest absolute Gasteiger partial charge is 0.371 e. The van der Waals surface area contributed by atoms with Gasteiger partial charge in [-0.3, -0.25) is 9.59 Å². The van der Waals surface area contributed by atoms with E-state index >= 15 is 0 Å². The van der Waals surface area contributed by atoms with Crippen LogP contribution >= 0.6 is 0 Å². The molecule has 0 saturated heterocycles. The van der Waals surface area contributed by atoms with E-state index in [9.17, 15) is 19.5 Å². The van der Waals surface area contributed by atoms with Gasteiger partial charge < -0.3 is 20.2 Å². The summed E-state index contributed by atoms with van der Waals surface area (Å²) in [5, 5.41) is 21.7. The van der Waals surface area contributed by atoms with Crippen molar-refractivity contribution < 1.29 is 23.9 Å². The molecule has 9 nitrogen and oxygen atoms in total. The van der Waals surface area contributed by atoms with E-state index in [0.29, 0.717) is 41.0 Å². The first-order valence-electron chi connectivity index (χ1n) is 14.9. The number of para-hydroxylation sites is 1. The summed E-state index contributed by atoms with van der Waals surface area (Å²) in [7, 11) is 0. The molecule has 2 heterocycles. The highest BCUT2D eigenvalue weighted by atomic mass is 16.4. The highest BCUT2D eigenvalue weighted by molar-refractivity contribution is 6.06. The Labute approximate surface area is 247 Å². The number of hydrogen-bond acceptors (Lipinski definition) is 5. The first-order valence-corrected chi connectivity index (χ1v) is 14.9. The summed E-state index contributed by atoms with van der Waals surface area (Å²) in [5.74, 6) is -1.53.